The molecule has 0 amide bonds. The van der Waals surface area contributed by atoms with Crippen molar-refractivity contribution in [3.05, 3.63) is 118 Å². The Balaban J connectivity index is 1.31. The van der Waals surface area contributed by atoms with Crippen molar-refractivity contribution in [3.8, 4) is 33.9 Å². The number of carboxylic acid groups (broad SMARTS) is 1. The SMILES string of the molecule is CCC(c1ccc(-c2ccc(Oc3ccc(N(C)S(=O)(=O)C(F)(F)F)c(C(=O)O)c3)cc2)cc1)c1nc(-c2ccc(Cl)cc2Cl)c[nH]1. The summed E-state index contributed by atoms with van der Waals surface area (Å²) >= 11 is 12.4. The first-order valence-electron chi connectivity index (χ1n) is 14.0. The fraction of sp³-hybridized carbons (Fsp3) is 0.152. The highest BCUT2D eigenvalue weighted by atomic mass is 35.5. The van der Waals surface area contributed by atoms with E-state index in [0.717, 1.165) is 52.3 Å². The van der Waals surface area contributed by atoms with Crippen LogP contribution in [-0.2, 0) is 10.0 Å². The lowest BCUT2D eigenvalue weighted by molar-refractivity contribution is -0.0437. The molecule has 1 atom stereocenters. The lowest BCUT2D eigenvalue weighted by Gasteiger charge is -2.22. The molecule has 0 saturated heterocycles. The molecule has 5 rings (SSSR count). The Morgan fingerprint density at radius 1 is 0.957 bits per heavy atom. The fourth-order valence-electron chi connectivity index (χ4n) is 5.01. The topological polar surface area (TPSA) is 113 Å². The van der Waals surface area contributed by atoms with Crippen LogP contribution < -0.4 is 9.04 Å². The molecule has 0 saturated carbocycles. The van der Waals surface area contributed by atoms with Gasteiger partial charge in [-0.2, -0.15) is 21.6 Å². The maximum Gasteiger partial charge on any atom is 0.516 e. The molecule has 2 N–H and O–H groups in total. The number of aromatic amines is 1. The average Bonchev–Trinajstić information content (AvgIpc) is 3.50. The van der Waals surface area contributed by atoms with Gasteiger partial charge in [-0.15, -0.1) is 0 Å². The molecule has 47 heavy (non-hydrogen) atoms. The van der Waals surface area contributed by atoms with Crippen molar-refractivity contribution in [2.24, 2.45) is 0 Å². The van der Waals surface area contributed by atoms with Crippen molar-refractivity contribution in [2.75, 3.05) is 11.4 Å². The molecule has 14 heteroatoms. The number of anilines is 1. The van der Waals surface area contributed by atoms with Crippen LogP contribution in [0.2, 0.25) is 10.0 Å². The van der Waals surface area contributed by atoms with E-state index in [9.17, 15) is 31.5 Å². The number of benzene rings is 4. The van der Waals surface area contributed by atoms with Crippen LogP contribution in [0.4, 0.5) is 18.9 Å². The van der Waals surface area contributed by atoms with Crippen LogP contribution in [0.25, 0.3) is 22.4 Å². The van der Waals surface area contributed by atoms with E-state index < -0.39 is 32.8 Å². The third kappa shape index (κ3) is 7.09. The summed E-state index contributed by atoms with van der Waals surface area (Å²) < 4.78 is 68.3. The minimum Gasteiger partial charge on any atom is -0.478 e. The van der Waals surface area contributed by atoms with E-state index in [1.807, 2.05) is 36.5 Å². The van der Waals surface area contributed by atoms with Crippen molar-refractivity contribution in [1.82, 2.24) is 9.97 Å². The molecule has 5 aromatic rings. The summed E-state index contributed by atoms with van der Waals surface area (Å²) in [6, 6.07) is 23.3. The first-order chi connectivity index (χ1) is 22.2. The first kappa shape index (κ1) is 33.8. The molecule has 1 aromatic heterocycles. The number of nitrogens with zero attached hydrogens (tertiary/aromatic N) is 2. The van der Waals surface area contributed by atoms with Gasteiger partial charge < -0.3 is 14.8 Å². The minimum atomic E-state index is -5.81. The van der Waals surface area contributed by atoms with E-state index >= 15 is 0 Å². The summed E-state index contributed by atoms with van der Waals surface area (Å²) in [5.41, 5.74) is -2.60. The van der Waals surface area contributed by atoms with Crippen LogP contribution in [0.5, 0.6) is 11.5 Å². The number of imidazole rings is 1. The number of hydrogen-bond acceptors (Lipinski definition) is 5. The zero-order valence-corrected chi connectivity index (χ0v) is 27.0. The molecule has 4 aromatic carbocycles. The number of alkyl halides is 3. The summed E-state index contributed by atoms with van der Waals surface area (Å²) in [4.78, 5) is 19.8. The van der Waals surface area contributed by atoms with Crippen LogP contribution in [-0.4, -0.2) is 42.0 Å². The average molecular weight is 705 g/mol. The van der Waals surface area contributed by atoms with Crippen molar-refractivity contribution < 1.29 is 36.2 Å². The van der Waals surface area contributed by atoms with E-state index in [0.29, 0.717) is 22.8 Å². The Kier molecular flexibility index (Phi) is 9.58. The van der Waals surface area contributed by atoms with Crippen LogP contribution in [0.3, 0.4) is 0 Å². The molecule has 244 valence electrons. The number of nitrogens with one attached hydrogen (secondary N) is 1. The van der Waals surface area contributed by atoms with Gasteiger partial charge in [0.15, 0.2) is 0 Å². The number of aromatic carboxylic acids is 1. The summed E-state index contributed by atoms with van der Waals surface area (Å²) in [6.07, 6.45) is 2.62. The van der Waals surface area contributed by atoms with Gasteiger partial charge in [0.05, 0.1) is 22.0 Å². The summed E-state index contributed by atoms with van der Waals surface area (Å²) in [5, 5.41) is 10.6. The van der Waals surface area contributed by atoms with Crippen molar-refractivity contribution in [1.29, 1.82) is 0 Å². The third-order valence-corrected chi connectivity index (χ3v) is 9.52. The second-order valence-electron chi connectivity index (χ2n) is 10.4. The Hall–Kier alpha value is -4.52. The molecule has 1 unspecified atom stereocenters. The van der Waals surface area contributed by atoms with Crippen molar-refractivity contribution in [3.63, 3.8) is 0 Å². The van der Waals surface area contributed by atoms with Crippen LogP contribution in [0.15, 0.2) is 91.1 Å². The van der Waals surface area contributed by atoms with Crippen molar-refractivity contribution >= 4 is 44.9 Å². The number of hydrogen-bond donors (Lipinski definition) is 2. The quantitative estimate of drug-likeness (QED) is 0.150. The largest absolute Gasteiger partial charge is 0.516 e. The Morgan fingerprint density at radius 2 is 1.57 bits per heavy atom. The predicted molar refractivity (Wildman–Crippen MR) is 175 cm³/mol. The maximum absolute atomic E-state index is 13.0. The molecule has 1 heterocycles. The monoisotopic (exact) mass is 703 g/mol. The van der Waals surface area contributed by atoms with Gasteiger partial charge in [0, 0.05) is 29.7 Å². The van der Waals surface area contributed by atoms with E-state index in [4.69, 9.17) is 32.9 Å². The molecule has 0 aliphatic carbocycles. The second-order valence-corrected chi connectivity index (χ2v) is 13.2. The fourth-order valence-corrected chi connectivity index (χ4v) is 6.24. The zero-order valence-electron chi connectivity index (χ0n) is 24.7. The summed E-state index contributed by atoms with van der Waals surface area (Å²) in [7, 11) is -5.18. The number of sulfonamides is 1. The molecule has 8 nitrogen and oxygen atoms in total. The summed E-state index contributed by atoms with van der Waals surface area (Å²) in [5.74, 6) is -0.500. The Morgan fingerprint density at radius 3 is 2.15 bits per heavy atom. The van der Waals surface area contributed by atoms with Crippen LogP contribution >= 0.6 is 23.2 Å². The second kappa shape index (κ2) is 13.3. The molecular formula is C33H26Cl2F3N3O5S. The molecular weight excluding hydrogens is 678 g/mol. The molecule has 0 radical (unpaired) electrons. The lowest BCUT2D eigenvalue weighted by atomic mass is 9.93. The van der Waals surface area contributed by atoms with Gasteiger partial charge >= 0.3 is 21.5 Å². The van der Waals surface area contributed by atoms with Crippen molar-refractivity contribution in [2.45, 2.75) is 24.8 Å². The summed E-state index contributed by atoms with van der Waals surface area (Å²) in [6.45, 7) is 2.07. The van der Waals surface area contributed by atoms with Crippen LogP contribution in [0.1, 0.15) is 41.0 Å². The first-order valence-corrected chi connectivity index (χ1v) is 16.2. The maximum atomic E-state index is 13.0. The predicted octanol–water partition coefficient (Wildman–Crippen LogP) is 9.37. The van der Waals surface area contributed by atoms with Gasteiger partial charge in [0.25, 0.3) is 0 Å². The number of carboxylic acids is 1. The minimum absolute atomic E-state index is 0.00826. The van der Waals surface area contributed by atoms with E-state index in [2.05, 4.69) is 11.9 Å². The number of aromatic nitrogens is 2. The highest BCUT2D eigenvalue weighted by Gasteiger charge is 2.49. The number of carbonyl (C=O) groups is 1. The van der Waals surface area contributed by atoms with E-state index in [-0.39, 0.29) is 16.0 Å². The standard InChI is InChI=1S/C33H26Cl2F3N3O5S/c1-3-25(31-39-18-29(40-31)26-14-10-22(34)16-28(26)35)21-6-4-19(5-7-21)20-8-11-23(12-9-20)46-24-13-15-30(27(17-24)32(42)43)41(2)47(44,45)33(36,37)38/h4-18,25H,3H2,1-2H3,(H,39,40)(H,42,43). The van der Waals surface area contributed by atoms with Gasteiger partial charge in [-0.1, -0.05) is 66.5 Å². The third-order valence-electron chi connectivity index (χ3n) is 7.47. The lowest BCUT2D eigenvalue weighted by Crippen LogP contribution is -2.38. The Bertz CT molecular complexity index is 2030. The molecule has 0 bridgehead atoms. The van der Waals surface area contributed by atoms with Gasteiger partial charge in [-0.3, -0.25) is 4.31 Å². The highest BCUT2D eigenvalue weighted by Crippen LogP contribution is 2.36. The molecule has 0 spiro atoms. The smallest absolute Gasteiger partial charge is 0.478 e. The number of halogens is 5. The van der Waals surface area contributed by atoms with Gasteiger partial charge in [-0.25, -0.2) is 9.78 Å². The zero-order chi connectivity index (χ0) is 34.1. The van der Waals surface area contributed by atoms with E-state index in [1.54, 1.807) is 36.4 Å². The van der Waals surface area contributed by atoms with Crippen LogP contribution in [0, 0.1) is 0 Å². The number of rotatable bonds is 10. The van der Waals surface area contributed by atoms with Gasteiger partial charge in [-0.05, 0) is 71.6 Å². The molecule has 0 aliphatic rings. The highest BCUT2D eigenvalue weighted by molar-refractivity contribution is 7.93. The normalized spacial score (nSPS) is 12.5. The number of H-pyrrole nitrogens is 1. The molecule has 0 fully saturated rings. The molecule has 0 aliphatic heterocycles. The van der Waals surface area contributed by atoms with E-state index in [1.165, 1.54) is 6.07 Å². The van der Waals surface area contributed by atoms with Gasteiger partial charge in [0.1, 0.15) is 17.3 Å². The number of ether oxygens (including phenoxy) is 1. The van der Waals surface area contributed by atoms with Gasteiger partial charge in [0.2, 0.25) is 0 Å². The Labute approximate surface area is 278 Å².